The van der Waals surface area contributed by atoms with E-state index in [1.165, 1.54) is 0 Å². The Hall–Kier alpha value is -1.43. The highest BCUT2D eigenvalue weighted by Crippen LogP contribution is 2.09. The first-order valence-corrected chi connectivity index (χ1v) is 6.13. The summed E-state index contributed by atoms with van der Waals surface area (Å²) in [6, 6.07) is 0. The van der Waals surface area contributed by atoms with Gasteiger partial charge in [-0.1, -0.05) is 26.0 Å². The Morgan fingerprint density at radius 2 is 2.11 bits per heavy atom. The lowest BCUT2D eigenvalue weighted by molar-refractivity contribution is 0.0451. The lowest BCUT2D eigenvalue weighted by Gasteiger charge is -2.09. The SMILES string of the molecule is Cc1c(C(=O)OCC(C)C)nnn1CC(C)CO. The predicted octanol–water partition coefficient (Wildman–Crippen LogP) is 1.03. The Kier molecular flexibility index (Phi) is 5.27. The van der Waals surface area contributed by atoms with Crippen molar-refractivity contribution in [3.63, 3.8) is 0 Å². The predicted molar refractivity (Wildman–Crippen MR) is 66.1 cm³/mol. The van der Waals surface area contributed by atoms with Crippen LogP contribution in [0.4, 0.5) is 0 Å². The average Bonchev–Trinajstić information content (AvgIpc) is 2.68. The number of carbonyl (C=O) groups excluding carboxylic acids is 1. The van der Waals surface area contributed by atoms with E-state index >= 15 is 0 Å². The van der Waals surface area contributed by atoms with Gasteiger partial charge in [-0.25, -0.2) is 9.48 Å². The molecule has 0 fully saturated rings. The fraction of sp³-hybridized carbons (Fsp3) is 0.750. The second-order valence-corrected chi connectivity index (χ2v) is 4.99. The van der Waals surface area contributed by atoms with E-state index in [-0.39, 0.29) is 18.2 Å². The summed E-state index contributed by atoms with van der Waals surface area (Å²) >= 11 is 0. The van der Waals surface area contributed by atoms with Gasteiger partial charge in [-0.15, -0.1) is 5.10 Å². The van der Waals surface area contributed by atoms with Crippen molar-refractivity contribution in [2.45, 2.75) is 34.2 Å². The molecule has 0 aromatic carbocycles. The van der Waals surface area contributed by atoms with Gasteiger partial charge in [-0.2, -0.15) is 0 Å². The third-order valence-corrected chi connectivity index (χ3v) is 2.52. The van der Waals surface area contributed by atoms with Crippen molar-refractivity contribution in [1.29, 1.82) is 0 Å². The number of aliphatic hydroxyl groups is 1. The van der Waals surface area contributed by atoms with Gasteiger partial charge in [0.15, 0.2) is 5.69 Å². The van der Waals surface area contributed by atoms with E-state index in [9.17, 15) is 4.79 Å². The van der Waals surface area contributed by atoms with E-state index in [0.717, 1.165) is 0 Å². The van der Waals surface area contributed by atoms with E-state index < -0.39 is 5.97 Å². The lowest BCUT2D eigenvalue weighted by atomic mass is 10.2. The molecule has 0 aliphatic heterocycles. The number of nitrogens with zero attached hydrogens (tertiary/aromatic N) is 3. The molecule has 0 saturated carbocycles. The highest BCUT2D eigenvalue weighted by Gasteiger charge is 2.18. The first-order chi connectivity index (χ1) is 8.45. The number of carbonyl (C=O) groups is 1. The van der Waals surface area contributed by atoms with Gasteiger partial charge in [0, 0.05) is 13.2 Å². The third kappa shape index (κ3) is 3.80. The molecule has 0 bridgehead atoms. The lowest BCUT2D eigenvalue weighted by Crippen LogP contribution is -2.15. The fourth-order valence-electron chi connectivity index (χ4n) is 1.39. The quantitative estimate of drug-likeness (QED) is 0.768. The van der Waals surface area contributed by atoms with E-state index in [1.54, 1.807) is 11.6 Å². The van der Waals surface area contributed by atoms with Crippen molar-refractivity contribution in [3.8, 4) is 0 Å². The molecule has 1 heterocycles. The molecule has 0 amide bonds. The molecular weight excluding hydrogens is 234 g/mol. The summed E-state index contributed by atoms with van der Waals surface area (Å²) in [6.45, 7) is 8.60. The molecular formula is C12H21N3O3. The second-order valence-electron chi connectivity index (χ2n) is 4.99. The van der Waals surface area contributed by atoms with Gasteiger partial charge in [0.1, 0.15) is 0 Å². The summed E-state index contributed by atoms with van der Waals surface area (Å²) in [5, 5.41) is 16.7. The molecule has 1 N–H and O–H groups in total. The minimum Gasteiger partial charge on any atom is -0.461 e. The summed E-state index contributed by atoms with van der Waals surface area (Å²) in [5.41, 5.74) is 0.921. The summed E-state index contributed by atoms with van der Waals surface area (Å²) in [4.78, 5) is 11.8. The number of ether oxygens (including phenoxy) is 1. The van der Waals surface area contributed by atoms with Crippen molar-refractivity contribution in [2.75, 3.05) is 13.2 Å². The van der Waals surface area contributed by atoms with Crippen LogP contribution in [0.2, 0.25) is 0 Å². The van der Waals surface area contributed by atoms with Crippen LogP contribution >= 0.6 is 0 Å². The monoisotopic (exact) mass is 255 g/mol. The molecule has 102 valence electrons. The van der Waals surface area contributed by atoms with Crippen LogP contribution < -0.4 is 0 Å². The molecule has 0 aliphatic rings. The zero-order valence-corrected chi connectivity index (χ0v) is 11.4. The molecule has 6 nitrogen and oxygen atoms in total. The van der Waals surface area contributed by atoms with Crippen LogP contribution in [-0.4, -0.2) is 39.3 Å². The number of rotatable bonds is 6. The van der Waals surface area contributed by atoms with Gasteiger partial charge in [-0.3, -0.25) is 0 Å². The van der Waals surface area contributed by atoms with Crippen molar-refractivity contribution in [2.24, 2.45) is 11.8 Å². The van der Waals surface area contributed by atoms with E-state index in [0.29, 0.717) is 24.8 Å². The smallest absolute Gasteiger partial charge is 0.360 e. The van der Waals surface area contributed by atoms with Gasteiger partial charge in [-0.05, 0) is 18.8 Å². The maximum atomic E-state index is 11.8. The summed E-state index contributed by atoms with van der Waals surface area (Å²) in [7, 11) is 0. The Morgan fingerprint density at radius 1 is 1.44 bits per heavy atom. The zero-order chi connectivity index (χ0) is 13.7. The van der Waals surface area contributed by atoms with Crippen LogP contribution in [0.5, 0.6) is 0 Å². The largest absolute Gasteiger partial charge is 0.461 e. The topological polar surface area (TPSA) is 77.2 Å². The Morgan fingerprint density at radius 3 is 2.67 bits per heavy atom. The Labute approximate surface area is 107 Å². The van der Waals surface area contributed by atoms with Crippen LogP contribution in [0.1, 0.15) is 37.0 Å². The number of aromatic nitrogens is 3. The van der Waals surface area contributed by atoms with Crippen LogP contribution in [0, 0.1) is 18.8 Å². The third-order valence-electron chi connectivity index (χ3n) is 2.52. The van der Waals surface area contributed by atoms with Gasteiger partial charge >= 0.3 is 5.97 Å². The fourth-order valence-corrected chi connectivity index (χ4v) is 1.39. The van der Waals surface area contributed by atoms with Crippen molar-refractivity contribution < 1.29 is 14.6 Å². The van der Waals surface area contributed by atoms with Crippen molar-refractivity contribution >= 4 is 5.97 Å². The second kappa shape index (κ2) is 6.49. The molecule has 18 heavy (non-hydrogen) atoms. The first-order valence-electron chi connectivity index (χ1n) is 6.13. The molecule has 1 aromatic heterocycles. The van der Waals surface area contributed by atoms with Crippen LogP contribution in [0.25, 0.3) is 0 Å². The Bertz CT molecular complexity index is 401. The number of aliphatic hydroxyl groups excluding tert-OH is 1. The highest BCUT2D eigenvalue weighted by atomic mass is 16.5. The van der Waals surface area contributed by atoms with Crippen molar-refractivity contribution in [1.82, 2.24) is 15.0 Å². The van der Waals surface area contributed by atoms with Gasteiger partial charge in [0.05, 0.1) is 12.3 Å². The van der Waals surface area contributed by atoms with E-state index in [2.05, 4.69) is 10.3 Å². The van der Waals surface area contributed by atoms with Crippen LogP contribution in [0.3, 0.4) is 0 Å². The van der Waals surface area contributed by atoms with Crippen LogP contribution in [0.15, 0.2) is 0 Å². The highest BCUT2D eigenvalue weighted by molar-refractivity contribution is 5.88. The summed E-state index contributed by atoms with van der Waals surface area (Å²) in [5.74, 6) is -0.0762. The maximum absolute atomic E-state index is 11.8. The van der Waals surface area contributed by atoms with Gasteiger partial charge in [0.25, 0.3) is 0 Å². The Balaban J connectivity index is 2.70. The average molecular weight is 255 g/mol. The number of hydrogen-bond acceptors (Lipinski definition) is 5. The molecule has 1 aromatic rings. The van der Waals surface area contributed by atoms with E-state index in [4.69, 9.17) is 9.84 Å². The molecule has 1 rings (SSSR count). The molecule has 1 atom stereocenters. The molecule has 0 radical (unpaired) electrons. The molecule has 6 heteroatoms. The number of hydrogen-bond donors (Lipinski definition) is 1. The molecule has 1 unspecified atom stereocenters. The first kappa shape index (κ1) is 14.6. The zero-order valence-electron chi connectivity index (χ0n) is 11.4. The minimum absolute atomic E-state index is 0.0740. The molecule has 0 aliphatic carbocycles. The summed E-state index contributed by atoms with van der Waals surface area (Å²) in [6.07, 6.45) is 0. The standard InChI is InChI=1S/C12H21N3O3/c1-8(2)7-18-12(17)11-10(4)15(14-13-11)5-9(3)6-16/h8-9,16H,5-7H2,1-4H3. The number of esters is 1. The summed E-state index contributed by atoms with van der Waals surface area (Å²) < 4.78 is 6.73. The molecule has 0 saturated heterocycles. The molecule has 0 spiro atoms. The minimum atomic E-state index is -0.441. The maximum Gasteiger partial charge on any atom is 0.360 e. The normalized spacial score (nSPS) is 12.8. The van der Waals surface area contributed by atoms with Crippen molar-refractivity contribution in [3.05, 3.63) is 11.4 Å². The van der Waals surface area contributed by atoms with Gasteiger partial charge < -0.3 is 9.84 Å². The van der Waals surface area contributed by atoms with Crippen LogP contribution in [-0.2, 0) is 11.3 Å². The van der Waals surface area contributed by atoms with E-state index in [1.807, 2.05) is 20.8 Å². The van der Waals surface area contributed by atoms with Gasteiger partial charge in [0.2, 0.25) is 0 Å².